The van der Waals surface area contributed by atoms with Crippen LogP contribution in [0.2, 0.25) is 0 Å². The fourth-order valence-electron chi connectivity index (χ4n) is 8.19. The van der Waals surface area contributed by atoms with Crippen molar-refractivity contribution in [3.63, 3.8) is 0 Å². The molecule has 2 nitrogen and oxygen atoms in total. The van der Waals surface area contributed by atoms with Crippen LogP contribution in [0.4, 0.5) is 0 Å². The van der Waals surface area contributed by atoms with Crippen molar-refractivity contribution in [1.29, 1.82) is 0 Å². The van der Waals surface area contributed by atoms with E-state index in [0.29, 0.717) is 11.3 Å². The molecular formula is C26H44O2. The van der Waals surface area contributed by atoms with Crippen molar-refractivity contribution in [1.82, 2.24) is 0 Å². The summed E-state index contributed by atoms with van der Waals surface area (Å²) in [5, 5.41) is 0. The van der Waals surface area contributed by atoms with Crippen LogP contribution in [0.5, 0.6) is 0 Å². The second-order valence-corrected chi connectivity index (χ2v) is 11.8. The summed E-state index contributed by atoms with van der Waals surface area (Å²) in [7, 11) is 0. The highest BCUT2D eigenvalue weighted by atomic mass is 16.5. The van der Waals surface area contributed by atoms with Gasteiger partial charge >= 0.3 is 5.97 Å². The topological polar surface area (TPSA) is 26.3 Å². The van der Waals surface area contributed by atoms with Crippen molar-refractivity contribution in [3.05, 3.63) is 0 Å². The first-order valence-corrected chi connectivity index (χ1v) is 12.6. The first kappa shape index (κ1) is 20.7. The Hall–Kier alpha value is -0.530. The molecule has 0 saturated heterocycles. The van der Waals surface area contributed by atoms with E-state index in [4.69, 9.17) is 4.74 Å². The molecule has 0 N–H and O–H groups in total. The number of esters is 1. The first-order valence-electron chi connectivity index (χ1n) is 12.6. The van der Waals surface area contributed by atoms with Crippen molar-refractivity contribution < 1.29 is 9.53 Å². The zero-order valence-electron chi connectivity index (χ0n) is 19.0. The Morgan fingerprint density at radius 3 is 2.36 bits per heavy atom. The number of carbonyl (C=O) groups excluding carboxylic acids is 1. The van der Waals surface area contributed by atoms with E-state index in [1.54, 1.807) is 0 Å². The third-order valence-corrected chi connectivity index (χ3v) is 9.91. The SMILES string of the molecule is CC(C)C1CC[C@@H]2C(CCC3[C@]2(C)CCC[C@]3(C)C(=O)OC2CCCCC2)C1. The van der Waals surface area contributed by atoms with E-state index in [0.717, 1.165) is 42.9 Å². The maximum atomic E-state index is 13.5. The largest absolute Gasteiger partial charge is 0.462 e. The Labute approximate surface area is 173 Å². The van der Waals surface area contributed by atoms with Gasteiger partial charge in [-0.05, 0) is 113 Å². The maximum absolute atomic E-state index is 13.5. The third-order valence-electron chi connectivity index (χ3n) is 9.91. The van der Waals surface area contributed by atoms with Gasteiger partial charge in [0.05, 0.1) is 5.41 Å². The number of fused-ring (bicyclic) bond motifs is 3. The molecule has 0 radical (unpaired) electrons. The molecular weight excluding hydrogens is 344 g/mol. The van der Waals surface area contributed by atoms with Crippen LogP contribution in [0, 0.1) is 40.4 Å². The van der Waals surface area contributed by atoms with Crippen molar-refractivity contribution in [2.45, 2.75) is 117 Å². The second-order valence-electron chi connectivity index (χ2n) is 11.8. The predicted octanol–water partition coefficient (Wildman–Crippen LogP) is 7.16. The molecule has 2 heteroatoms. The first-order chi connectivity index (χ1) is 13.3. The van der Waals surface area contributed by atoms with Gasteiger partial charge in [0, 0.05) is 0 Å². The zero-order chi connectivity index (χ0) is 19.9. The summed E-state index contributed by atoms with van der Waals surface area (Å²) in [5.41, 5.74) is 0.105. The predicted molar refractivity (Wildman–Crippen MR) is 115 cm³/mol. The highest BCUT2D eigenvalue weighted by Gasteiger charge is 2.59. The second kappa shape index (κ2) is 7.95. The van der Waals surface area contributed by atoms with Gasteiger partial charge in [0.1, 0.15) is 6.10 Å². The molecule has 4 aliphatic rings. The molecule has 0 aromatic carbocycles. The van der Waals surface area contributed by atoms with Gasteiger partial charge in [-0.3, -0.25) is 4.79 Å². The summed E-state index contributed by atoms with van der Waals surface area (Å²) in [4.78, 5) is 13.5. The molecule has 4 fully saturated rings. The highest BCUT2D eigenvalue weighted by Crippen LogP contribution is 2.64. The maximum Gasteiger partial charge on any atom is 0.312 e. The van der Waals surface area contributed by atoms with Crippen LogP contribution in [0.3, 0.4) is 0 Å². The molecule has 0 heterocycles. The van der Waals surface area contributed by atoms with Gasteiger partial charge in [-0.25, -0.2) is 0 Å². The lowest BCUT2D eigenvalue weighted by molar-refractivity contribution is -0.185. The van der Waals surface area contributed by atoms with Gasteiger partial charge in [-0.1, -0.05) is 33.6 Å². The minimum absolute atomic E-state index is 0.157. The molecule has 0 bridgehead atoms. The zero-order valence-corrected chi connectivity index (χ0v) is 19.0. The van der Waals surface area contributed by atoms with Gasteiger partial charge in [0.25, 0.3) is 0 Å². The normalized spacial score (nSPS) is 44.6. The highest BCUT2D eigenvalue weighted by molar-refractivity contribution is 5.77. The molecule has 0 aromatic heterocycles. The van der Waals surface area contributed by atoms with Crippen LogP contribution in [-0.4, -0.2) is 12.1 Å². The standard InChI is InChI=1S/C26H44O2/c1-18(2)19-11-13-22-20(17-19)12-14-23-25(22,3)15-8-16-26(23,4)24(27)28-21-9-6-5-7-10-21/h18-23H,5-17H2,1-4H3/t19?,20?,22-,23?,25-,26+/m1/s1. The van der Waals surface area contributed by atoms with E-state index < -0.39 is 0 Å². The Kier molecular flexibility index (Phi) is 5.89. The Balaban J connectivity index is 1.51. The van der Waals surface area contributed by atoms with E-state index >= 15 is 0 Å². The van der Waals surface area contributed by atoms with Gasteiger partial charge in [0.15, 0.2) is 0 Å². The van der Waals surface area contributed by atoms with E-state index in [2.05, 4.69) is 27.7 Å². The molecule has 160 valence electrons. The molecule has 28 heavy (non-hydrogen) atoms. The van der Waals surface area contributed by atoms with Crippen molar-refractivity contribution in [3.8, 4) is 0 Å². The minimum atomic E-state index is -0.246. The monoisotopic (exact) mass is 388 g/mol. The molecule has 4 aliphatic carbocycles. The Bertz CT molecular complexity index is 563. The summed E-state index contributed by atoms with van der Waals surface area (Å²) in [6, 6.07) is 0. The lowest BCUT2D eigenvalue weighted by Crippen LogP contribution is -2.56. The average Bonchev–Trinajstić information content (AvgIpc) is 2.68. The quantitative estimate of drug-likeness (QED) is 0.479. The van der Waals surface area contributed by atoms with E-state index in [1.165, 1.54) is 64.2 Å². The summed E-state index contributed by atoms with van der Waals surface area (Å²) >= 11 is 0. The van der Waals surface area contributed by atoms with Crippen LogP contribution >= 0.6 is 0 Å². The molecule has 0 amide bonds. The molecule has 0 spiro atoms. The average molecular weight is 389 g/mol. The van der Waals surface area contributed by atoms with Crippen LogP contribution in [0.25, 0.3) is 0 Å². The summed E-state index contributed by atoms with van der Waals surface area (Å²) in [6.45, 7) is 9.67. The third kappa shape index (κ3) is 3.56. The fraction of sp³-hybridized carbons (Fsp3) is 0.962. The lowest BCUT2D eigenvalue weighted by Gasteiger charge is -2.61. The van der Waals surface area contributed by atoms with Crippen molar-refractivity contribution in [2.75, 3.05) is 0 Å². The van der Waals surface area contributed by atoms with Gasteiger partial charge < -0.3 is 4.74 Å². The minimum Gasteiger partial charge on any atom is -0.462 e. The Morgan fingerprint density at radius 2 is 1.64 bits per heavy atom. The van der Waals surface area contributed by atoms with Crippen LogP contribution in [0.15, 0.2) is 0 Å². The fourth-order valence-corrected chi connectivity index (χ4v) is 8.19. The number of hydrogen-bond acceptors (Lipinski definition) is 2. The van der Waals surface area contributed by atoms with Crippen molar-refractivity contribution >= 4 is 5.97 Å². The van der Waals surface area contributed by atoms with E-state index in [9.17, 15) is 4.79 Å². The lowest BCUT2D eigenvalue weighted by atomic mass is 9.43. The van der Waals surface area contributed by atoms with Crippen LogP contribution < -0.4 is 0 Å². The molecule has 6 atom stereocenters. The summed E-state index contributed by atoms with van der Waals surface area (Å²) < 4.78 is 6.17. The molecule has 0 aliphatic heterocycles. The number of ether oxygens (including phenoxy) is 1. The molecule has 4 saturated carbocycles. The van der Waals surface area contributed by atoms with Crippen molar-refractivity contribution in [2.24, 2.45) is 40.4 Å². The van der Waals surface area contributed by atoms with E-state index in [1.807, 2.05) is 0 Å². The molecule has 0 aromatic rings. The Morgan fingerprint density at radius 1 is 0.893 bits per heavy atom. The number of carbonyl (C=O) groups is 1. The van der Waals surface area contributed by atoms with E-state index in [-0.39, 0.29) is 17.5 Å². The number of rotatable bonds is 3. The van der Waals surface area contributed by atoms with Gasteiger partial charge in [0.2, 0.25) is 0 Å². The van der Waals surface area contributed by atoms with Crippen LogP contribution in [0.1, 0.15) is 111 Å². The smallest absolute Gasteiger partial charge is 0.312 e. The summed E-state index contributed by atoms with van der Waals surface area (Å²) in [6.07, 6.45) is 16.6. The van der Waals surface area contributed by atoms with Gasteiger partial charge in [-0.15, -0.1) is 0 Å². The number of hydrogen-bond donors (Lipinski definition) is 0. The van der Waals surface area contributed by atoms with Gasteiger partial charge in [-0.2, -0.15) is 0 Å². The molecule has 3 unspecified atom stereocenters. The van der Waals surface area contributed by atoms with Crippen LogP contribution in [-0.2, 0) is 9.53 Å². The summed E-state index contributed by atoms with van der Waals surface area (Å²) in [5.74, 6) is 4.18. The molecule has 4 rings (SSSR count).